The molecule has 1 aliphatic rings. The summed E-state index contributed by atoms with van der Waals surface area (Å²) in [4.78, 5) is 10.2. The fourth-order valence-electron chi connectivity index (χ4n) is 2.11. The van der Waals surface area contributed by atoms with E-state index in [1.54, 1.807) is 23.9 Å². The maximum atomic E-state index is 10.6. The lowest BCUT2D eigenvalue weighted by Gasteiger charge is -2.07. The molecule has 1 aromatic heterocycles. The van der Waals surface area contributed by atoms with E-state index in [1.807, 2.05) is 0 Å². The Hall–Kier alpha value is -1.93. The molecule has 0 unspecified atom stereocenters. The largest absolute Gasteiger partial charge is 0.324 e. The predicted molar refractivity (Wildman–Crippen MR) is 78.8 cm³/mol. The third-order valence-electron chi connectivity index (χ3n) is 3.34. The van der Waals surface area contributed by atoms with Crippen molar-refractivity contribution in [2.75, 3.05) is 0 Å². The molecule has 3 rings (SSSR count). The molecule has 0 bridgehead atoms. The van der Waals surface area contributed by atoms with Gasteiger partial charge >= 0.3 is 0 Å². The molecule has 1 aromatic carbocycles. The predicted octanol–water partition coefficient (Wildman–Crippen LogP) is 2.27. The van der Waals surface area contributed by atoms with E-state index in [0.29, 0.717) is 18.3 Å². The van der Waals surface area contributed by atoms with E-state index >= 15 is 0 Å². The fraction of sp³-hybridized carbons (Fsp3) is 0.385. The number of nitrogens with zero attached hydrogens (tertiary/aromatic N) is 4. The lowest BCUT2D eigenvalue weighted by Crippen LogP contribution is -2.08. The monoisotopic (exact) mass is 305 g/mol. The number of nitro groups is 1. The summed E-state index contributed by atoms with van der Waals surface area (Å²) < 4.78 is 2.12. The molecule has 1 fully saturated rings. The zero-order valence-electron chi connectivity index (χ0n) is 11.3. The van der Waals surface area contributed by atoms with Crippen molar-refractivity contribution >= 4 is 17.4 Å². The molecule has 1 heterocycles. The number of non-ortho nitro benzene ring substituents is 1. The van der Waals surface area contributed by atoms with Crippen LogP contribution >= 0.6 is 11.8 Å². The maximum absolute atomic E-state index is 10.6. The van der Waals surface area contributed by atoms with Crippen molar-refractivity contribution in [2.24, 2.45) is 5.73 Å². The summed E-state index contributed by atoms with van der Waals surface area (Å²) in [5.74, 6) is 1.52. The zero-order valence-corrected chi connectivity index (χ0v) is 12.1. The van der Waals surface area contributed by atoms with Gasteiger partial charge in [0.25, 0.3) is 5.69 Å². The van der Waals surface area contributed by atoms with Gasteiger partial charge in [-0.3, -0.25) is 10.1 Å². The van der Waals surface area contributed by atoms with Crippen molar-refractivity contribution in [2.45, 2.75) is 36.3 Å². The van der Waals surface area contributed by atoms with E-state index in [1.165, 1.54) is 12.1 Å². The summed E-state index contributed by atoms with van der Waals surface area (Å²) in [6.07, 6.45) is 2.30. The van der Waals surface area contributed by atoms with Gasteiger partial charge in [0.2, 0.25) is 0 Å². The van der Waals surface area contributed by atoms with Gasteiger partial charge in [0.05, 0.1) is 11.5 Å². The van der Waals surface area contributed by atoms with Crippen LogP contribution in [0.4, 0.5) is 5.69 Å². The van der Waals surface area contributed by atoms with Gasteiger partial charge in [-0.2, -0.15) is 0 Å². The molecule has 21 heavy (non-hydrogen) atoms. The van der Waals surface area contributed by atoms with E-state index in [4.69, 9.17) is 5.73 Å². The van der Waals surface area contributed by atoms with Gasteiger partial charge in [-0.1, -0.05) is 23.9 Å². The smallest absolute Gasteiger partial charge is 0.269 e. The summed E-state index contributed by atoms with van der Waals surface area (Å²) in [5.41, 5.74) is 6.81. The maximum Gasteiger partial charge on any atom is 0.269 e. The van der Waals surface area contributed by atoms with Gasteiger partial charge < -0.3 is 10.3 Å². The van der Waals surface area contributed by atoms with Crippen LogP contribution in [-0.2, 0) is 12.3 Å². The van der Waals surface area contributed by atoms with Crippen LogP contribution in [0, 0.1) is 10.1 Å². The van der Waals surface area contributed by atoms with Gasteiger partial charge in [-0.15, -0.1) is 10.2 Å². The normalized spacial score (nSPS) is 14.3. The minimum Gasteiger partial charge on any atom is -0.324 e. The Balaban J connectivity index is 1.70. The zero-order chi connectivity index (χ0) is 14.8. The average molecular weight is 305 g/mol. The number of aromatic nitrogens is 3. The third kappa shape index (κ3) is 3.06. The molecule has 7 nitrogen and oxygen atoms in total. The number of hydrogen-bond donors (Lipinski definition) is 1. The van der Waals surface area contributed by atoms with Crippen LogP contribution in [0.25, 0.3) is 0 Å². The molecule has 8 heteroatoms. The van der Waals surface area contributed by atoms with E-state index in [-0.39, 0.29) is 5.69 Å². The van der Waals surface area contributed by atoms with Crippen LogP contribution in [0.5, 0.6) is 0 Å². The minimum atomic E-state index is -0.395. The van der Waals surface area contributed by atoms with E-state index in [0.717, 1.165) is 29.4 Å². The Morgan fingerprint density at radius 3 is 2.62 bits per heavy atom. The van der Waals surface area contributed by atoms with Gasteiger partial charge in [0.1, 0.15) is 5.82 Å². The second-order valence-corrected chi connectivity index (χ2v) is 5.86. The first-order chi connectivity index (χ1) is 10.2. The van der Waals surface area contributed by atoms with Crippen LogP contribution in [0.15, 0.2) is 29.4 Å². The Labute approximate surface area is 125 Å². The molecule has 0 aliphatic heterocycles. The van der Waals surface area contributed by atoms with Crippen molar-refractivity contribution in [3.05, 3.63) is 45.8 Å². The molecule has 0 spiro atoms. The van der Waals surface area contributed by atoms with Gasteiger partial charge in [0, 0.05) is 23.9 Å². The number of thioether (sulfide) groups is 1. The molecule has 2 aromatic rings. The van der Waals surface area contributed by atoms with Crippen LogP contribution in [-0.4, -0.2) is 19.7 Å². The fourth-order valence-corrected chi connectivity index (χ4v) is 3.09. The van der Waals surface area contributed by atoms with Gasteiger partial charge in [-0.05, 0) is 18.4 Å². The molecular formula is C13H15N5O2S. The number of nitrogens with two attached hydrogens (primary N) is 1. The molecule has 2 N–H and O–H groups in total. The minimum absolute atomic E-state index is 0.107. The topological polar surface area (TPSA) is 99.9 Å². The average Bonchev–Trinajstić information content (AvgIpc) is 3.25. The Morgan fingerprint density at radius 1 is 1.33 bits per heavy atom. The first kappa shape index (κ1) is 14.0. The molecule has 0 atom stereocenters. The Morgan fingerprint density at radius 2 is 2.05 bits per heavy atom. The quantitative estimate of drug-likeness (QED) is 0.499. The van der Waals surface area contributed by atoms with E-state index in [2.05, 4.69) is 14.8 Å². The Bertz CT molecular complexity index is 651. The van der Waals surface area contributed by atoms with Crippen LogP contribution in [0.1, 0.15) is 30.3 Å². The third-order valence-corrected chi connectivity index (χ3v) is 4.36. The van der Waals surface area contributed by atoms with Crippen LogP contribution < -0.4 is 5.73 Å². The van der Waals surface area contributed by atoms with Crippen molar-refractivity contribution in [3.63, 3.8) is 0 Å². The van der Waals surface area contributed by atoms with Gasteiger partial charge in [-0.25, -0.2) is 0 Å². The highest BCUT2D eigenvalue weighted by molar-refractivity contribution is 7.98. The number of benzene rings is 1. The molecule has 0 amide bonds. The molecule has 0 radical (unpaired) electrons. The van der Waals surface area contributed by atoms with Crippen LogP contribution in [0.2, 0.25) is 0 Å². The first-order valence-electron chi connectivity index (χ1n) is 6.69. The Kier molecular flexibility index (Phi) is 3.89. The molecule has 110 valence electrons. The SMILES string of the molecule is NCc1nnc(SCc2ccc([N+](=O)[O-])cc2)n1C1CC1. The van der Waals surface area contributed by atoms with Crippen LogP contribution in [0.3, 0.4) is 0 Å². The summed E-state index contributed by atoms with van der Waals surface area (Å²) in [6.45, 7) is 0.390. The highest BCUT2D eigenvalue weighted by Crippen LogP contribution is 2.39. The second-order valence-electron chi connectivity index (χ2n) is 4.92. The van der Waals surface area contributed by atoms with E-state index < -0.39 is 4.92 Å². The number of hydrogen-bond acceptors (Lipinski definition) is 6. The van der Waals surface area contributed by atoms with Crippen molar-refractivity contribution in [3.8, 4) is 0 Å². The summed E-state index contributed by atoms with van der Waals surface area (Å²) in [7, 11) is 0. The lowest BCUT2D eigenvalue weighted by molar-refractivity contribution is -0.384. The van der Waals surface area contributed by atoms with Crippen molar-refractivity contribution in [1.82, 2.24) is 14.8 Å². The molecular weight excluding hydrogens is 290 g/mol. The van der Waals surface area contributed by atoms with Crippen molar-refractivity contribution in [1.29, 1.82) is 0 Å². The number of rotatable bonds is 6. The second kappa shape index (κ2) is 5.82. The summed E-state index contributed by atoms with van der Waals surface area (Å²) >= 11 is 1.58. The highest BCUT2D eigenvalue weighted by Gasteiger charge is 2.29. The van der Waals surface area contributed by atoms with Crippen molar-refractivity contribution < 1.29 is 4.92 Å². The van der Waals surface area contributed by atoms with Gasteiger partial charge in [0.15, 0.2) is 5.16 Å². The summed E-state index contributed by atoms with van der Waals surface area (Å²) in [6, 6.07) is 7.07. The first-order valence-corrected chi connectivity index (χ1v) is 7.67. The number of nitro benzene ring substituents is 1. The molecule has 1 aliphatic carbocycles. The summed E-state index contributed by atoms with van der Waals surface area (Å²) in [5, 5.41) is 19.8. The highest BCUT2D eigenvalue weighted by atomic mass is 32.2. The van der Waals surface area contributed by atoms with E-state index in [9.17, 15) is 10.1 Å². The lowest BCUT2D eigenvalue weighted by atomic mass is 10.2. The molecule has 0 saturated heterocycles. The standard InChI is InChI=1S/C13H15N5O2S/c14-7-12-15-16-13(17(12)10-5-6-10)21-8-9-1-3-11(4-2-9)18(19)20/h1-4,10H,5-8,14H2. The molecule has 1 saturated carbocycles.